The predicted octanol–water partition coefficient (Wildman–Crippen LogP) is 2.93. The van der Waals surface area contributed by atoms with Gasteiger partial charge < -0.3 is 9.64 Å². The monoisotopic (exact) mass is 346 g/mol. The minimum atomic E-state index is -0.714. The molecule has 0 N–H and O–H groups in total. The maximum Gasteiger partial charge on any atom is 0.338 e. The summed E-state index contributed by atoms with van der Waals surface area (Å²) < 4.78 is 5.10. The van der Waals surface area contributed by atoms with Crippen LogP contribution in [0, 0.1) is 16.0 Å². The fourth-order valence-corrected chi connectivity index (χ4v) is 3.97. The Hall–Kier alpha value is -2.44. The first kappa shape index (κ1) is 17.4. The smallest absolute Gasteiger partial charge is 0.338 e. The molecule has 0 unspecified atom stereocenters. The third kappa shape index (κ3) is 3.97. The van der Waals surface area contributed by atoms with Crippen LogP contribution in [0.15, 0.2) is 24.3 Å². The Bertz CT molecular complexity index is 673. The topological polar surface area (TPSA) is 89.8 Å². The first-order valence-electron chi connectivity index (χ1n) is 8.77. The number of likely N-dealkylation sites (tertiary alicyclic amines) is 1. The van der Waals surface area contributed by atoms with Crippen LogP contribution >= 0.6 is 0 Å². The van der Waals surface area contributed by atoms with E-state index in [2.05, 4.69) is 0 Å². The zero-order chi connectivity index (χ0) is 17.8. The normalized spacial score (nSPS) is 22.8. The number of ether oxygens (including phenoxy) is 1. The minimum Gasteiger partial charge on any atom is -0.452 e. The quantitative estimate of drug-likeness (QED) is 0.475. The predicted molar refractivity (Wildman–Crippen MR) is 90.1 cm³/mol. The number of piperidine rings is 1. The average molecular weight is 346 g/mol. The zero-order valence-electron chi connectivity index (χ0n) is 14.1. The van der Waals surface area contributed by atoms with Gasteiger partial charge in [0.2, 0.25) is 0 Å². The van der Waals surface area contributed by atoms with Crippen LogP contribution in [0.1, 0.15) is 48.9 Å². The van der Waals surface area contributed by atoms with E-state index in [-0.39, 0.29) is 29.8 Å². The highest BCUT2D eigenvalue weighted by Crippen LogP contribution is 2.35. The van der Waals surface area contributed by atoms with Crippen LogP contribution in [0.2, 0.25) is 0 Å². The summed E-state index contributed by atoms with van der Waals surface area (Å²) in [6.07, 6.45) is 6.72. The lowest BCUT2D eigenvalue weighted by molar-refractivity contribution is -0.384. The summed E-state index contributed by atoms with van der Waals surface area (Å²) in [5, 5.41) is 10.8. The first-order valence-corrected chi connectivity index (χ1v) is 8.77. The van der Waals surface area contributed by atoms with Crippen molar-refractivity contribution < 1.29 is 19.2 Å². The molecule has 1 aromatic rings. The van der Waals surface area contributed by atoms with E-state index in [4.69, 9.17) is 4.74 Å². The molecule has 1 amide bonds. The molecule has 1 saturated heterocycles. The number of nitrogens with zero attached hydrogens (tertiary/aromatic N) is 2. The standard InChI is InChI=1S/C18H22N2O5/c21-17(19-10-4-7-13-5-1-2-9-16(13)19)12-25-18(22)14-6-3-8-15(11-14)20(23)24/h3,6,8,11,13,16H,1-2,4-5,7,9-10,12H2/t13-,16-/m0/s1. The maximum atomic E-state index is 12.5. The Labute approximate surface area is 146 Å². The number of esters is 1. The lowest BCUT2D eigenvalue weighted by atomic mass is 9.78. The number of carbonyl (C=O) groups excluding carboxylic acids is 2. The second-order valence-corrected chi connectivity index (χ2v) is 6.72. The second kappa shape index (κ2) is 7.63. The fraction of sp³-hybridized carbons (Fsp3) is 0.556. The first-order chi connectivity index (χ1) is 12.1. The fourth-order valence-electron chi connectivity index (χ4n) is 3.97. The largest absolute Gasteiger partial charge is 0.452 e. The summed E-state index contributed by atoms with van der Waals surface area (Å²) in [6.45, 7) is 0.402. The number of benzene rings is 1. The van der Waals surface area contributed by atoms with Crippen molar-refractivity contribution in [2.45, 2.75) is 44.6 Å². The molecule has 0 bridgehead atoms. The molecule has 0 aromatic heterocycles. The molecule has 2 aliphatic rings. The number of hydrogen-bond acceptors (Lipinski definition) is 5. The maximum absolute atomic E-state index is 12.5. The minimum absolute atomic E-state index is 0.0798. The van der Waals surface area contributed by atoms with Crippen molar-refractivity contribution in [2.75, 3.05) is 13.2 Å². The highest BCUT2D eigenvalue weighted by molar-refractivity contribution is 5.92. The molecule has 2 atom stereocenters. The molecule has 25 heavy (non-hydrogen) atoms. The number of rotatable bonds is 4. The average Bonchev–Trinajstić information content (AvgIpc) is 2.65. The summed E-state index contributed by atoms with van der Waals surface area (Å²) in [6, 6.07) is 5.60. The molecule has 134 valence electrons. The molecule has 1 aliphatic carbocycles. The van der Waals surface area contributed by atoms with Gasteiger partial charge in [0.05, 0.1) is 10.5 Å². The summed E-state index contributed by atoms with van der Waals surface area (Å²) in [5.41, 5.74) is -0.0990. The van der Waals surface area contributed by atoms with Crippen LogP contribution in [-0.2, 0) is 9.53 Å². The van der Waals surface area contributed by atoms with Crippen molar-refractivity contribution in [1.29, 1.82) is 0 Å². The molecule has 0 radical (unpaired) electrons. The van der Waals surface area contributed by atoms with Crippen LogP contribution < -0.4 is 0 Å². The molecule has 3 rings (SSSR count). The van der Waals surface area contributed by atoms with Gasteiger partial charge in [-0.1, -0.05) is 18.9 Å². The lowest BCUT2D eigenvalue weighted by Crippen LogP contribution is -2.50. The number of amides is 1. The van der Waals surface area contributed by atoms with Crippen LogP contribution in [0.5, 0.6) is 0 Å². The van der Waals surface area contributed by atoms with Crippen molar-refractivity contribution in [1.82, 2.24) is 4.90 Å². The molecular formula is C18H22N2O5. The number of carbonyl (C=O) groups is 2. The summed E-state index contributed by atoms with van der Waals surface area (Å²) in [7, 11) is 0. The van der Waals surface area contributed by atoms with E-state index < -0.39 is 10.9 Å². The SMILES string of the molecule is O=C(OCC(=O)N1CCC[C@@H]2CCCC[C@@H]21)c1cccc([N+](=O)[O-])c1. The number of nitro benzene ring substituents is 1. The third-order valence-corrected chi connectivity index (χ3v) is 5.18. The van der Waals surface area contributed by atoms with Gasteiger partial charge in [-0.3, -0.25) is 14.9 Å². The summed E-state index contributed by atoms with van der Waals surface area (Å²) in [4.78, 5) is 36.7. The number of nitro groups is 1. The molecule has 1 heterocycles. The van der Waals surface area contributed by atoms with E-state index in [9.17, 15) is 19.7 Å². The van der Waals surface area contributed by atoms with E-state index >= 15 is 0 Å². The van der Waals surface area contributed by atoms with Crippen molar-refractivity contribution in [2.24, 2.45) is 5.92 Å². The molecule has 2 fully saturated rings. The number of non-ortho nitro benzene ring substituents is 1. The van der Waals surface area contributed by atoms with Crippen LogP contribution in [0.4, 0.5) is 5.69 Å². The van der Waals surface area contributed by atoms with E-state index in [1.807, 2.05) is 4.90 Å². The highest BCUT2D eigenvalue weighted by Gasteiger charge is 2.35. The molecule has 0 spiro atoms. The van der Waals surface area contributed by atoms with Gasteiger partial charge in [-0.05, 0) is 37.7 Å². The molecule has 1 aliphatic heterocycles. The Morgan fingerprint density at radius 3 is 2.76 bits per heavy atom. The van der Waals surface area contributed by atoms with Gasteiger partial charge in [-0.25, -0.2) is 4.79 Å². The summed E-state index contributed by atoms with van der Waals surface area (Å²) >= 11 is 0. The molecule has 1 aromatic carbocycles. The van der Waals surface area contributed by atoms with Gasteiger partial charge in [0, 0.05) is 24.7 Å². The molecule has 7 nitrogen and oxygen atoms in total. The number of fused-ring (bicyclic) bond motifs is 1. The van der Waals surface area contributed by atoms with Gasteiger partial charge in [0.25, 0.3) is 11.6 Å². The van der Waals surface area contributed by atoms with Crippen molar-refractivity contribution in [3.05, 3.63) is 39.9 Å². The van der Waals surface area contributed by atoms with Crippen LogP contribution in [-0.4, -0.2) is 40.9 Å². The Kier molecular flexibility index (Phi) is 5.31. The third-order valence-electron chi connectivity index (χ3n) is 5.18. The van der Waals surface area contributed by atoms with Crippen LogP contribution in [0.25, 0.3) is 0 Å². The van der Waals surface area contributed by atoms with Gasteiger partial charge in [-0.2, -0.15) is 0 Å². The van der Waals surface area contributed by atoms with E-state index in [1.165, 1.54) is 37.5 Å². The van der Waals surface area contributed by atoms with Crippen molar-refractivity contribution >= 4 is 17.6 Å². The van der Waals surface area contributed by atoms with Gasteiger partial charge in [0.15, 0.2) is 6.61 Å². The number of hydrogen-bond donors (Lipinski definition) is 0. The molecule has 7 heteroatoms. The lowest BCUT2D eigenvalue weighted by Gasteiger charge is -2.44. The van der Waals surface area contributed by atoms with Crippen molar-refractivity contribution in [3.63, 3.8) is 0 Å². The Morgan fingerprint density at radius 1 is 1.20 bits per heavy atom. The van der Waals surface area contributed by atoms with Gasteiger partial charge in [0.1, 0.15) is 0 Å². The zero-order valence-corrected chi connectivity index (χ0v) is 14.1. The Balaban J connectivity index is 1.59. The van der Waals surface area contributed by atoms with E-state index in [1.54, 1.807) is 0 Å². The van der Waals surface area contributed by atoms with Gasteiger partial charge in [-0.15, -0.1) is 0 Å². The Morgan fingerprint density at radius 2 is 1.96 bits per heavy atom. The van der Waals surface area contributed by atoms with Crippen LogP contribution in [0.3, 0.4) is 0 Å². The van der Waals surface area contributed by atoms with E-state index in [0.717, 1.165) is 25.3 Å². The molecular weight excluding hydrogens is 324 g/mol. The van der Waals surface area contributed by atoms with Gasteiger partial charge >= 0.3 is 5.97 Å². The molecule has 1 saturated carbocycles. The summed E-state index contributed by atoms with van der Waals surface area (Å²) in [5.74, 6) is -0.316. The van der Waals surface area contributed by atoms with Crippen molar-refractivity contribution in [3.8, 4) is 0 Å². The second-order valence-electron chi connectivity index (χ2n) is 6.72. The van der Waals surface area contributed by atoms with E-state index in [0.29, 0.717) is 12.5 Å². The highest BCUT2D eigenvalue weighted by atomic mass is 16.6.